The molecule has 150 valence electrons. The van der Waals surface area contributed by atoms with Gasteiger partial charge in [0.15, 0.2) is 11.6 Å². The third-order valence-electron chi connectivity index (χ3n) is 4.73. The van der Waals surface area contributed by atoms with Crippen LogP contribution in [0.5, 0.6) is 0 Å². The van der Waals surface area contributed by atoms with E-state index < -0.39 is 17.9 Å². The molecule has 1 aromatic carbocycles. The van der Waals surface area contributed by atoms with Gasteiger partial charge in [0.25, 0.3) is 6.43 Å². The standard InChI is InChI=1S/C18H18F2N8O/c1-4-28-12(5-8(2)26-28)17-23-18(25-24-17)14-10-7-22-27(3)11(10)6-9(16(21)29)13(14)15(19)20/h5-7,15H,4H2,1-3H3,(H2,21,29)(H,23,24,25). The van der Waals surface area contributed by atoms with Crippen molar-refractivity contribution in [3.63, 3.8) is 0 Å². The summed E-state index contributed by atoms with van der Waals surface area (Å²) in [5, 5.41) is 15.8. The van der Waals surface area contributed by atoms with Crippen LogP contribution in [0.3, 0.4) is 0 Å². The minimum absolute atomic E-state index is 0.0258. The highest BCUT2D eigenvalue weighted by Gasteiger charge is 2.28. The molecule has 0 fully saturated rings. The monoisotopic (exact) mass is 400 g/mol. The number of carbonyl (C=O) groups excluding carboxylic acids is 1. The van der Waals surface area contributed by atoms with Crippen molar-refractivity contribution in [3.8, 4) is 22.9 Å². The number of halogens is 2. The first-order valence-electron chi connectivity index (χ1n) is 8.86. The fraction of sp³-hybridized carbons (Fsp3) is 0.278. The summed E-state index contributed by atoms with van der Waals surface area (Å²) in [6.45, 7) is 4.38. The van der Waals surface area contributed by atoms with Crippen LogP contribution in [0.25, 0.3) is 33.8 Å². The predicted octanol–water partition coefficient (Wildman–Crippen LogP) is 2.59. The molecule has 0 atom stereocenters. The molecule has 11 heteroatoms. The minimum atomic E-state index is -2.96. The zero-order valence-electron chi connectivity index (χ0n) is 15.9. The molecular formula is C18H18F2N8O. The second-order valence-electron chi connectivity index (χ2n) is 6.57. The lowest BCUT2D eigenvalue weighted by Crippen LogP contribution is -2.15. The molecule has 9 nitrogen and oxygen atoms in total. The van der Waals surface area contributed by atoms with Crippen LogP contribution in [0.4, 0.5) is 8.78 Å². The van der Waals surface area contributed by atoms with E-state index in [1.165, 1.54) is 16.9 Å². The second-order valence-corrected chi connectivity index (χ2v) is 6.57. The average Bonchev–Trinajstić information content (AvgIpc) is 3.38. The van der Waals surface area contributed by atoms with Crippen LogP contribution < -0.4 is 5.73 Å². The van der Waals surface area contributed by atoms with E-state index in [-0.39, 0.29) is 17.0 Å². The lowest BCUT2D eigenvalue weighted by molar-refractivity contribution is 0.0986. The first-order chi connectivity index (χ1) is 13.8. The number of carbonyl (C=O) groups is 1. The Labute approximate surface area is 163 Å². The summed E-state index contributed by atoms with van der Waals surface area (Å²) < 4.78 is 31.2. The molecule has 0 bridgehead atoms. The van der Waals surface area contributed by atoms with Gasteiger partial charge in [0.05, 0.1) is 23.0 Å². The van der Waals surface area contributed by atoms with Crippen molar-refractivity contribution >= 4 is 16.8 Å². The van der Waals surface area contributed by atoms with Crippen molar-refractivity contribution in [2.45, 2.75) is 26.8 Å². The van der Waals surface area contributed by atoms with Gasteiger partial charge in [-0.1, -0.05) is 0 Å². The van der Waals surface area contributed by atoms with Crippen molar-refractivity contribution in [2.24, 2.45) is 12.8 Å². The number of hydrogen-bond donors (Lipinski definition) is 2. The second kappa shape index (κ2) is 6.76. The molecule has 0 aliphatic heterocycles. The SMILES string of the molecule is CCn1nc(C)cc1-c1nc(-c2c(C(F)F)c(C(N)=O)cc3c2cnn3C)n[nH]1. The molecule has 29 heavy (non-hydrogen) atoms. The molecule has 0 unspecified atom stereocenters. The number of H-pyrrole nitrogens is 1. The number of aromatic amines is 1. The summed E-state index contributed by atoms with van der Waals surface area (Å²) in [5.41, 5.74) is 6.56. The number of rotatable bonds is 5. The molecule has 4 rings (SSSR count). The quantitative estimate of drug-likeness (QED) is 0.533. The number of nitrogens with one attached hydrogen (secondary N) is 1. The lowest BCUT2D eigenvalue weighted by Gasteiger charge is -2.12. The Morgan fingerprint density at radius 1 is 1.34 bits per heavy atom. The third-order valence-corrected chi connectivity index (χ3v) is 4.73. The number of benzene rings is 1. The number of primary amides is 1. The molecule has 0 radical (unpaired) electrons. The smallest absolute Gasteiger partial charge is 0.265 e. The highest BCUT2D eigenvalue weighted by molar-refractivity contribution is 6.05. The predicted molar refractivity (Wildman–Crippen MR) is 101 cm³/mol. The Balaban J connectivity index is 2.00. The summed E-state index contributed by atoms with van der Waals surface area (Å²) in [4.78, 5) is 16.3. The summed E-state index contributed by atoms with van der Waals surface area (Å²) >= 11 is 0. The molecule has 0 aliphatic rings. The fourth-order valence-electron chi connectivity index (χ4n) is 3.44. The van der Waals surface area contributed by atoms with Gasteiger partial charge in [-0.05, 0) is 26.0 Å². The maximum absolute atomic E-state index is 14.0. The Hall–Kier alpha value is -3.63. The highest BCUT2D eigenvalue weighted by Crippen LogP contribution is 2.38. The van der Waals surface area contributed by atoms with E-state index in [1.807, 2.05) is 19.9 Å². The number of fused-ring (bicyclic) bond motifs is 1. The summed E-state index contributed by atoms with van der Waals surface area (Å²) in [5.74, 6) is -0.554. The topological polar surface area (TPSA) is 120 Å². The number of alkyl halides is 2. The first kappa shape index (κ1) is 18.7. The van der Waals surface area contributed by atoms with Gasteiger partial charge in [0.1, 0.15) is 5.69 Å². The lowest BCUT2D eigenvalue weighted by atomic mass is 9.96. The molecule has 4 aromatic rings. The van der Waals surface area contributed by atoms with Gasteiger partial charge in [-0.15, -0.1) is 0 Å². The zero-order valence-corrected chi connectivity index (χ0v) is 15.9. The Morgan fingerprint density at radius 3 is 2.76 bits per heavy atom. The number of nitrogens with zero attached hydrogens (tertiary/aromatic N) is 6. The molecule has 0 aliphatic carbocycles. The molecule has 0 saturated carbocycles. The first-order valence-corrected chi connectivity index (χ1v) is 8.86. The largest absolute Gasteiger partial charge is 0.366 e. The van der Waals surface area contributed by atoms with Gasteiger partial charge in [-0.25, -0.2) is 13.8 Å². The molecule has 0 saturated heterocycles. The van der Waals surface area contributed by atoms with Crippen LogP contribution >= 0.6 is 0 Å². The van der Waals surface area contributed by atoms with Crippen LogP contribution in [0.2, 0.25) is 0 Å². The molecule has 3 aromatic heterocycles. The number of hydrogen-bond acceptors (Lipinski definition) is 5. The third kappa shape index (κ3) is 2.94. The van der Waals surface area contributed by atoms with Gasteiger partial charge >= 0.3 is 0 Å². The summed E-state index contributed by atoms with van der Waals surface area (Å²) in [6.07, 6.45) is -1.51. The number of nitrogens with two attached hydrogens (primary N) is 1. The van der Waals surface area contributed by atoms with E-state index in [1.54, 1.807) is 11.7 Å². The molecule has 0 spiro atoms. The van der Waals surface area contributed by atoms with E-state index >= 15 is 0 Å². The van der Waals surface area contributed by atoms with Crippen LogP contribution in [0.15, 0.2) is 18.3 Å². The van der Waals surface area contributed by atoms with Crippen LogP contribution in [0, 0.1) is 6.92 Å². The van der Waals surface area contributed by atoms with Crippen molar-refractivity contribution < 1.29 is 13.6 Å². The van der Waals surface area contributed by atoms with Crippen LogP contribution in [-0.2, 0) is 13.6 Å². The maximum Gasteiger partial charge on any atom is 0.265 e. The molecule has 3 N–H and O–H groups in total. The van der Waals surface area contributed by atoms with Gasteiger partial charge in [0, 0.05) is 30.1 Å². The number of aryl methyl sites for hydroxylation is 3. The van der Waals surface area contributed by atoms with Gasteiger partial charge in [0.2, 0.25) is 5.91 Å². The van der Waals surface area contributed by atoms with Gasteiger partial charge < -0.3 is 5.73 Å². The van der Waals surface area contributed by atoms with Crippen LogP contribution in [-0.4, -0.2) is 40.6 Å². The summed E-state index contributed by atoms with van der Waals surface area (Å²) in [6, 6.07) is 3.14. The van der Waals surface area contributed by atoms with Crippen molar-refractivity contribution in [1.29, 1.82) is 0 Å². The molecule has 1 amide bonds. The van der Waals surface area contributed by atoms with E-state index in [2.05, 4.69) is 25.4 Å². The normalized spacial score (nSPS) is 11.7. The van der Waals surface area contributed by atoms with Gasteiger partial charge in [-0.3, -0.25) is 19.3 Å². The number of aromatic nitrogens is 7. The van der Waals surface area contributed by atoms with E-state index in [4.69, 9.17) is 5.73 Å². The Morgan fingerprint density at radius 2 is 2.10 bits per heavy atom. The van der Waals surface area contributed by atoms with Crippen molar-refractivity contribution in [3.05, 3.63) is 35.2 Å². The zero-order chi connectivity index (χ0) is 20.9. The minimum Gasteiger partial charge on any atom is -0.366 e. The molecular weight excluding hydrogens is 382 g/mol. The van der Waals surface area contributed by atoms with E-state index in [0.717, 1.165) is 5.69 Å². The highest BCUT2D eigenvalue weighted by atomic mass is 19.3. The summed E-state index contributed by atoms with van der Waals surface area (Å²) in [7, 11) is 1.64. The Kier molecular flexibility index (Phi) is 4.36. The van der Waals surface area contributed by atoms with Crippen LogP contribution in [0.1, 0.15) is 35.0 Å². The molecule has 3 heterocycles. The van der Waals surface area contributed by atoms with E-state index in [0.29, 0.717) is 29.0 Å². The Bertz CT molecular complexity index is 1240. The average molecular weight is 400 g/mol. The van der Waals surface area contributed by atoms with Crippen molar-refractivity contribution in [1.82, 2.24) is 34.7 Å². The number of amides is 1. The van der Waals surface area contributed by atoms with Crippen molar-refractivity contribution in [2.75, 3.05) is 0 Å². The van der Waals surface area contributed by atoms with E-state index in [9.17, 15) is 13.6 Å². The fourth-order valence-corrected chi connectivity index (χ4v) is 3.44. The maximum atomic E-state index is 14.0. The van der Waals surface area contributed by atoms with Gasteiger partial charge in [-0.2, -0.15) is 15.3 Å².